The zero-order valence-electron chi connectivity index (χ0n) is 9.91. The molecule has 1 unspecified atom stereocenters. The minimum absolute atomic E-state index is 0.108. The summed E-state index contributed by atoms with van der Waals surface area (Å²) in [6, 6.07) is -0.108. The number of nitrogens with one attached hydrogen (secondary N) is 2. The molecule has 18 heavy (non-hydrogen) atoms. The fourth-order valence-corrected chi connectivity index (χ4v) is 2.42. The van der Waals surface area contributed by atoms with Crippen molar-refractivity contribution in [3.63, 3.8) is 0 Å². The molecule has 3 N–H and O–H groups in total. The highest BCUT2D eigenvalue weighted by atomic mass is 32.1. The van der Waals surface area contributed by atoms with E-state index in [9.17, 15) is 8.78 Å². The van der Waals surface area contributed by atoms with Crippen molar-refractivity contribution in [2.45, 2.75) is 25.3 Å². The maximum Gasteiger partial charge on any atom is 0.282 e. The van der Waals surface area contributed by atoms with Crippen LogP contribution in [0.1, 0.15) is 12.5 Å². The van der Waals surface area contributed by atoms with E-state index < -0.39 is 19.1 Å². The van der Waals surface area contributed by atoms with Gasteiger partial charge in [-0.2, -0.15) is 0 Å². The number of hydrogen-bond donors (Lipinski definition) is 3. The first-order chi connectivity index (χ1) is 8.52. The highest BCUT2D eigenvalue weighted by Crippen LogP contribution is 2.21. The van der Waals surface area contributed by atoms with Crippen LogP contribution in [0.15, 0.2) is 11.7 Å². The summed E-state index contributed by atoms with van der Waals surface area (Å²) in [7, 11) is 0. The van der Waals surface area contributed by atoms with Gasteiger partial charge in [-0.25, -0.2) is 13.8 Å². The largest absolute Gasteiger partial charge is 0.390 e. The predicted molar refractivity (Wildman–Crippen MR) is 67.2 cm³/mol. The monoisotopic (exact) mass is 275 g/mol. The molecule has 100 valence electrons. The Morgan fingerprint density at radius 3 is 3.11 bits per heavy atom. The first-order valence-electron chi connectivity index (χ1n) is 5.63. The second kappa shape index (κ2) is 5.29. The molecule has 0 aliphatic rings. The number of alkyl halides is 2. The summed E-state index contributed by atoms with van der Waals surface area (Å²) >= 11 is 1.52. The quantitative estimate of drug-likeness (QED) is 0.753. The Morgan fingerprint density at radius 1 is 1.61 bits per heavy atom. The third-order valence-electron chi connectivity index (χ3n) is 2.72. The molecule has 7 heteroatoms. The van der Waals surface area contributed by atoms with Gasteiger partial charge in [-0.15, -0.1) is 11.3 Å². The topological polar surface area (TPSA) is 60.9 Å². The Morgan fingerprint density at radius 2 is 2.39 bits per heavy atom. The molecule has 2 rings (SSSR count). The normalized spacial score (nSPS) is 14.2. The van der Waals surface area contributed by atoms with E-state index in [0.29, 0.717) is 6.42 Å². The molecular weight excluding hydrogens is 260 g/mol. The molecule has 2 aromatic heterocycles. The van der Waals surface area contributed by atoms with Gasteiger partial charge in [-0.3, -0.25) is 0 Å². The van der Waals surface area contributed by atoms with Crippen LogP contribution in [0.4, 0.5) is 8.78 Å². The SMILES string of the molecule is CC(Cc1c[nH]c2scnc12)NCC(F)(F)CO. The molecule has 0 aliphatic heterocycles. The highest BCUT2D eigenvalue weighted by molar-refractivity contribution is 7.16. The summed E-state index contributed by atoms with van der Waals surface area (Å²) in [6.45, 7) is 0.182. The maximum absolute atomic E-state index is 12.9. The Kier molecular flexibility index (Phi) is 3.94. The molecule has 0 aromatic carbocycles. The number of aliphatic hydroxyl groups is 1. The number of H-pyrrole nitrogens is 1. The molecule has 2 heterocycles. The summed E-state index contributed by atoms with van der Waals surface area (Å²) in [5, 5.41) is 11.2. The van der Waals surface area contributed by atoms with Gasteiger partial charge >= 0.3 is 0 Å². The summed E-state index contributed by atoms with van der Waals surface area (Å²) in [6.07, 6.45) is 2.47. The fourth-order valence-electron chi connectivity index (χ4n) is 1.74. The van der Waals surface area contributed by atoms with E-state index in [0.717, 1.165) is 15.9 Å². The lowest BCUT2D eigenvalue weighted by Crippen LogP contribution is -2.40. The van der Waals surface area contributed by atoms with Gasteiger partial charge in [-0.1, -0.05) is 0 Å². The minimum atomic E-state index is -3.07. The molecule has 2 aromatic rings. The molecule has 0 saturated carbocycles. The van der Waals surface area contributed by atoms with Crippen molar-refractivity contribution in [2.75, 3.05) is 13.2 Å². The van der Waals surface area contributed by atoms with Gasteiger partial charge in [0.15, 0.2) is 0 Å². The van der Waals surface area contributed by atoms with E-state index in [-0.39, 0.29) is 6.04 Å². The van der Waals surface area contributed by atoms with Crippen LogP contribution in [0.5, 0.6) is 0 Å². The summed E-state index contributed by atoms with van der Waals surface area (Å²) in [5.41, 5.74) is 3.67. The van der Waals surface area contributed by atoms with E-state index in [1.165, 1.54) is 11.3 Å². The third kappa shape index (κ3) is 3.04. The molecular formula is C11H15F2N3OS. The van der Waals surface area contributed by atoms with Crippen LogP contribution in [-0.4, -0.2) is 40.2 Å². The number of aromatic nitrogens is 2. The van der Waals surface area contributed by atoms with Gasteiger partial charge in [-0.05, 0) is 18.9 Å². The molecule has 0 aliphatic carbocycles. The molecule has 0 fully saturated rings. The van der Waals surface area contributed by atoms with Gasteiger partial charge in [0.05, 0.1) is 12.1 Å². The van der Waals surface area contributed by atoms with Crippen molar-refractivity contribution in [2.24, 2.45) is 0 Å². The first kappa shape index (κ1) is 13.4. The smallest absolute Gasteiger partial charge is 0.282 e. The molecule has 0 amide bonds. The van der Waals surface area contributed by atoms with Gasteiger partial charge in [0.2, 0.25) is 0 Å². The number of halogens is 2. The van der Waals surface area contributed by atoms with Gasteiger partial charge in [0.1, 0.15) is 17.0 Å². The van der Waals surface area contributed by atoms with E-state index in [2.05, 4.69) is 15.3 Å². The standard InChI is InChI=1S/C11H15F2N3OS/c1-7(15-4-11(12,13)5-17)2-8-3-14-10-9(8)16-6-18-10/h3,6-7,14-15,17H,2,4-5H2,1H3. The summed E-state index contributed by atoms with van der Waals surface area (Å²) in [4.78, 5) is 8.32. The fraction of sp³-hybridized carbons (Fsp3) is 0.545. The molecule has 0 bridgehead atoms. The number of rotatable bonds is 6. The van der Waals surface area contributed by atoms with Crippen molar-refractivity contribution in [1.82, 2.24) is 15.3 Å². The van der Waals surface area contributed by atoms with Crippen LogP contribution in [0.2, 0.25) is 0 Å². The van der Waals surface area contributed by atoms with Gasteiger partial charge in [0, 0.05) is 12.2 Å². The summed E-state index contributed by atoms with van der Waals surface area (Å²) in [5.74, 6) is -3.07. The third-order valence-corrected chi connectivity index (χ3v) is 3.47. The van der Waals surface area contributed by atoms with Crippen LogP contribution in [0.25, 0.3) is 10.3 Å². The average molecular weight is 275 g/mol. The van der Waals surface area contributed by atoms with E-state index >= 15 is 0 Å². The Balaban J connectivity index is 1.92. The molecule has 4 nitrogen and oxygen atoms in total. The average Bonchev–Trinajstić information content (AvgIpc) is 2.92. The van der Waals surface area contributed by atoms with Crippen molar-refractivity contribution in [3.8, 4) is 0 Å². The van der Waals surface area contributed by atoms with Crippen LogP contribution >= 0.6 is 11.3 Å². The number of thiazole rings is 1. The number of aromatic amines is 1. The van der Waals surface area contributed by atoms with Crippen LogP contribution in [0.3, 0.4) is 0 Å². The van der Waals surface area contributed by atoms with Crippen molar-refractivity contribution in [1.29, 1.82) is 0 Å². The van der Waals surface area contributed by atoms with E-state index in [1.54, 1.807) is 5.51 Å². The molecule has 0 saturated heterocycles. The zero-order chi connectivity index (χ0) is 13.2. The summed E-state index contributed by atoms with van der Waals surface area (Å²) < 4.78 is 25.7. The lowest BCUT2D eigenvalue weighted by molar-refractivity contribution is -0.0490. The molecule has 0 spiro atoms. The second-order valence-corrected chi connectivity index (χ2v) is 5.20. The second-order valence-electron chi connectivity index (χ2n) is 4.34. The van der Waals surface area contributed by atoms with Crippen molar-refractivity contribution < 1.29 is 13.9 Å². The van der Waals surface area contributed by atoms with Crippen LogP contribution in [-0.2, 0) is 6.42 Å². The van der Waals surface area contributed by atoms with E-state index in [4.69, 9.17) is 5.11 Å². The van der Waals surface area contributed by atoms with Gasteiger partial charge in [0.25, 0.3) is 5.92 Å². The maximum atomic E-state index is 12.9. The van der Waals surface area contributed by atoms with Crippen LogP contribution < -0.4 is 5.32 Å². The lowest BCUT2D eigenvalue weighted by Gasteiger charge is -2.18. The Hall–Kier alpha value is -1.05. The van der Waals surface area contributed by atoms with Crippen molar-refractivity contribution in [3.05, 3.63) is 17.3 Å². The number of hydrogen-bond acceptors (Lipinski definition) is 4. The zero-order valence-corrected chi connectivity index (χ0v) is 10.7. The first-order valence-corrected chi connectivity index (χ1v) is 6.51. The Labute approximate surface area is 107 Å². The highest BCUT2D eigenvalue weighted by Gasteiger charge is 2.27. The van der Waals surface area contributed by atoms with Crippen LogP contribution in [0, 0.1) is 0 Å². The number of nitrogens with zero attached hydrogens (tertiary/aromatic N) is 1. The predicted octanol–water partition coefficient (Wildman–Crippen LogP) is 1.77. The van der Waals surface area contributed by atoms with E-state index in [1.807, 2.05) is 13.1 Å². The van der Waals surface area contributed by atoms with Crippen molar-refractivity contribution >= 4 is 21.7 Å². The lowest BCUT2D eigenvalue weighted by atomic mass is 10.1. The number of fused-ring (bicyclic) bond motifs is 1. The molecule has 0 radical (unpaired) electrons. The molecule has 1 atom stereocenters. The Bertz CT molecular complexity index is 511. The van der Waals surface area contributed by atoms with Gasteiger partial charge < -0.3 is 15.4 Å². The minimum Gasteiger partial charge on any atom is -0.390 e. The number of aliphatic hydroxyl groups excluding tert-OH is 1.